The van der Waals surface area contributed by atoms with E-state index in [-0.39, 0.29) is 4.90 Å². The average Bonchev–Trinajstić information content (AvgIpc) is 2.83. The second-order valence-electron chi connectivity index (χ2n) is 4.60. The maximum Gasteiger partial charge on any atom is 0.263 e. The summed E-state index contributed by atoms with van der Waals surface area (Å²) >= 11 is 2.15. The molecule has 0 saturated heterocycles. The molecule has 1 aromatic carbocycles. The molecule has 1 heterocycles. The quantitative estimate of drug-likeness (QED) is 0.708. The summed E-state index contributed by atoms with van der Waals surface area (Å²) in [6.45, 7) is 3.35. The topological polar surface area (TPSA) is 63.1 Å². The number of sulfonamides is 1. The minimum absolute atomic E-state index is 0.286. The first-order chi connectivity index (χ1) is 9.96. The van der Waals surface area contributed by atoms with E-state index < -0.39 is 10.0 Å². The molecule has 0 bridgehead atoms. The molecule has 0 radical (unpaired) electrons. The van der Waals surface area contributed by atoms with Gasteiger partial charge in [-0.25, -0.2) is 8.42 Å². The largest absolute Gasteiger partial charge is 0.349 e. The highest BCUT2D eigenvalue weighted by molar-refractivity contribution is 14.1. The first-order valence-corrected chi connectivity index (χ1v) is 9.14. The molecule has 0 amide bonds. The van der Waals surface area contributed by atoms with Crippen molar-refractivity contribution >= 4 is 38.3 Å². The van der Waals surface area contributed by atoms with Crippen LogP contribution >= 0.6 is 22.6 Å². The summed E-state index contributed by atoms with van der Waals surface area (Å²) in [6.07, 6.45) is 1.67. The van der Waals surface area contributed by atoms with E-state index >= 15 is 0 Å². The summed E-state index contributed by atoms with van der Waals surface area (Å²) < 4.78 is 30.4. The molecule has 0 aliphatic rings. The predicted molar refractivity (Wildman–Crippen MR) is 92.8 cm³/mol. The summed E-state index contributed by atoms with van der Waals surface area (Å²) in [5, 5.41) is 3.04. The lowest BCUT2D eigenvalue weighted by Crippen LogP contribution is -2.12. The van der Waals surface area contributed by atoms with E-state index in [1.165, 1.54) is 0 Å². The number of aryl methyl sites for hydroxylation is 1. The Bertz CT molecular complexity index is 726. The van der Waals surface area contributed by atoms with Crippen LogP contribution in [0.4, 0.5) is 5.69 Å². The van der Waals surface area contributed by atoms with Gasteiger partial charge in [0.05, 0.1) is 0 Å². The van der Waals surface area contributed by atoms with Crippen molar-refractivity contribution in [3.05, 3.63) is 45.8 Å². The van der Waals surface area contributed by atoms with Gasteiger partial charge in [0.25, 0.3) is 10.0 Å². The number of nitrogens with one attached hydrogen (secondary N) is 2. The number of benzene rings is 1. The standard InChI is InChI=1S/C14H18IN3O2S/c1-3-18-10-14(8-13(18)9-16-2)21(19,20)17-12-6-4-5-11(15)7-12/h4-8,10,16-17H,3,9H2,1-2H3. The van der Waals surface area contributed by atoms with Crippen molar-refractivity contribution in [2.45, 2.75) is 24.9 Å². The number of rotatable bonds is 6. The lowest BCUT2D eigenvalue weighted by molar-refractivity contribution is 0.600. The second kappa shape index (κ2) is 6.80. The normalized spacial score (nSPS) is 11.6. The van der Waals surface area contributed by atoms with E-state index in [2.05, 4.69) is 32.6 Å². The van der Waals surface area contributed by atoms with E-state index in [1.54, 1.807) is 24.4 Å². The fraction of sp³-hybridized carbons (Fsp3) is 0.286. The Morgan fingerprint density at radius 1 is 1.29 bits per heavy atom. The highest BCUT2D eigenvalue weighted by Gasteiger charge is 2.18. The molecular weight excluding hydrogens is 401 g/mol. The molecule has 2 N–H and O–H groups in total. The van der Waals surface area contributed by atoms with Crippen LogP contribution < -0.4 is 10.0 Å². The zero-order valence-corrected chi connectivity index (χ0v) is 14.9. The van der Waals surface area contributed by atoms with Crippen molar-refractivity contribution in [1.29, 1.82) is 0 Å². The van der Waals surface area contributed by atoms with Gasteiger partial charge in [-0.3, -0.25) is 4.72 Å². The lowest BCUT2D eigenvalue weighted by atomic mass is 10.3. The van der Waals surface area contributed by atoms with Gasteiger partial charge < -0.3 is 9.88 Å². The molecule has 0 spiro atoms. The molecule has 1 aromatic heterocycles. The summed E-state index contributed by atoms with van der Waals surface area (Å²) in [7, 11) is -1.72. The van der Waals surface area contributed by atoms with Gasteiger partial charge in [-0.15, -0.1) is 0 Å². The van der Waals surface area contributed by atoms with Crippen molar-refractivity contribution in [3.63, 3.8) is 0 Å². The Morgan fingerprint density at radius 2 is 2.05 bits per heavy atom. The minimum atomic E-state index is -3.56. The Balaban J connectivity index is 2.31. The number of anilines is 1. The number of hydrogen-bond acceptors (Lipinski definition) is 3. The molecule has 114 valence electrons. The molecule has 7 heteroatoms. The Kier molecular flexibility index (Phi) is 5.28. The number of nitrogens with zero attached hydrogens (tertiary/aromatic N) is 1. The van der Waals surface area contributed by atoms with Gasteiger partial charge in [-0.2, -0.15) is 0 Å². The van der Waals surface area contributed by atoms with Crippen molar-refractivity contribution in [3.8, 4) is 0 Å². The molecule has 5 nitrogen and oxygen atoms in total. The molecular formula is C14H18IN3O2S. The summed E-state index contributed by atoms with van der Waals surface area (Å²) in [5.74, 6) is 0. The van der Waals surface area contributed by atoms with Crippen LogP contribution in [0.3, 0.4) is 0 Å². The summed E-state index contributed by atoms with van der Waals surface area (Å²) in [4.78, 5) is 0.286. The van der Waals surface area contributed by atoms with E-state index in [0.717, 1.165) is 15.8 Å². The van der Waals surface area contributed by atoms with E-state index in [9.17, 15) is 8.42 Å². The van der Waals surface area contributed by atoms with Crippen LogP contribution in [0, 0.1) is 3.57 Å². The van der Waals surface area contributed by atoms with Crippen molar-refractivity contribution in [2.24, 2.45) is 0 Å². The first-order valence-electron chi connectivity index (χ1n) is 6.58. The van der Waals surface area contributed by atoms with Crippen LogP contribution in [-0.2, 0) is 23.1 Å². The molecule has 0 aliphatic heterocycles. The Morgan fingerprint density at radius 3 is 2.67 bits per heavy atom. The van der Waals surface area contributed by atoms with Crippen LogP contribution in [0.15, 0.2) is 41.4 Å². The number of aromatic nitrogens is 1. The van der Waals surface area contributed by atoms with E-state index in [0.29, 0.717) is 12.2 Å². The molecule has 0 unspecified atom stereocenters. The Labute approximate surface area is 138 Å². The third-order valence-electron chi connectivity index (χ3n) is 3.05. The molecule has 0 aliphatic carbocycles. The Hall–Kier alpha value is -1.06. The third kappa shape index (κ3) is 3.98. The predicted octanol–water partition coefficient (Wildman–Crippen LogP) is 2.63. The lowest BCUT2D eigenvalue weighted by Gasteiger charge is -2.06. The molecule has 0 saturated carbocycles. The first kappa shape index (κ1) is 16.3. The average molecular weight is 419 g/mol. The maximum atomic E-state index is 12.5. The van der Waals surface area contributed by atoms with Crippen molar-refractivity contribution in [2.75, 3.05) is 11.8 Å². The highest BCUT2D eigenvalue weighted by atomic mass is 127. The monoisotopic (exact) mass is 419 g/mol. The molecule has 0 atom stereocenters. The summed E-state index contributed by atoms with van der Waals surface area (Å²) in [5.41, 5.74) is 1.52. The van der Waals surface area contributed by atoms with Crippen molar-refractivity contribution in [1.82, 2.24) is 9.88 Å². The van der Waals surface area contributed by atoms with Crippen LogP contribution in [0.1, 0.15) is 12.6 Å². The molecule has 0 fully saturated rings. The second-order valence-corrected chi connectivity index (χ2v) is 7.53. The van der Waals surface area contributed by atoms with Gasteiger partial charge in [-0.1, -0.05) is 6.07 Å². The van der Waals surface area contributed by atoms with Gasteiger partial charge in [-0.05, 0) is 60.8 Å². The molecule has 2 rings (SSSR count). The molecule has 21 heavy (non-hydrogen) atoms. The van der Waals surface area contributed by atoms with Crippen molar-refractivity contribution < 1.29 is 8.42 Å². The van der Waals surface area contributed by atoms with E-state index in [1.807, 2.05) is 30.7 Å². The van der Waals surface area contributed by atoms with Gasteiger partial charge >= 0.3 is 0 Å². The van der Waals surface area contributed by atoms with Gasteiger partial charge in [0.15, 0.2) is 0 Å². The zero-order chi connectivity index (χ0) is 15.5. The van der Waals surface area contributed by atoms with Crippen LogP contribution in [0.2, 0.25) is 0 Å². The SMILES string of the molecule is CCn1cc(S(=O)(=O)Nc2cccc(I)c2)cc1CNC. The van der Waals surface area contributed by atoms with Gasteiger partial charge in [0.1, 0.15) is 4.90 Å². The van der Waals surface area contributed by atoms with Crippen LogP contribution in [0.25, 0.3) is 0 Å². The zero-order valence-electron chi connectivity index (χ0n) is 11.9. The fourth-order valence-corrected chi connectivity index (χ4v) is 3.72. The third-order valence-corrected chi connectivity index (χ3v) is 5.07. The van der Waals surface area contributed by atoms with E-state index in [4.69, 9.17) is 0 Å². The summed E-state index contributed by atoms with van der Waals surface area (Å²) in [6, 6.07) is 8.98. The smallest absolute Gasteiger partial charge is 0.263 e. The molecule has 2 aromatic rings. The van der Waals surface area contributed by atoms with Crippen LogP contribution in [-0.4, -0.2) is 20.0 Å². The maximum absolute atomic E-state index is 12.5. The van der Waals surface area contributed by atoms with Gasteiger partial charge in [0, 0.05) is 34.2 Å². The number of hydrogen-bond donors (Lipinski definition) is 2. The van der Waals surface area contributed by atoms with Crippen LogP contribution in [0.5, 0.6) is 0 Å². The fourth-order valence-electron chi connectivity index (χ4n) is 2.06. The highest BCUT2D eigenvalue weighted by Crippen LogP contribution is 2.20. The minimum Gasteiger partial charge on any atom is -0.349 e. The van der Waals surface area contributed by atoms with Gasteiger partial charge in [0.2, 0.25) is 0 Å². The number of halogens is 1.